The van der Waals surface area contributed by atoms with Crippen LogP contribution in [-0.2, 0) is 23.7 Å². The zero-order chi connectivity index (χ0) is 34.5. The lowest BCUT2D eigenvalue weighted by Crippen LogP contribution is -2.34. The summed E-state index contributed by atoms with van der Waals surface area (Å²) in [5.74, 6) is -0.632. The number of benzene rings is 2. The molecule has 12 heteroatoms. The molecule has 0 atom stereocenters. The van der Waals surface area contributed by atoms with E-state index in [1.807, 2.05) is 19.1 Å². The number of carbonyl (C=O) groups excluding carboxylic acids is 4. The van der Waals surface area contributed by atoms with Crippen LogP contribution in [0.15, 0.2) is 42.5 Å². The molecule has 11 nitrogen and oxygen atoms in total. The van der Waals surface area contributed by atoms with E-state index in [1.165, 1.54) is 0 Å². The normalized spacial score (nSPS) is 11.3. The minimum atomic E-state index is -0.556. The van der Waals surface area contributed by atoms with E-state index in [-0.39, 0.29) is 30.3 Å². The van der Waals surface area contributed by atoms with Crippen molar-refractivity contribution in [3.05, 3.63) is 62.7 Å². The van der Waals surface area contributed by atoms with Gasteiger partial charge in [0.25, 0.3) is 5.91 Å². The maximum atomic E-state index is 13.1. The Hall–Kier alpha value is -2.91. The minimum Gasteiger partial charge on any atom is -0.444 e. The van der Waals surface area contributed by atoms with Crippen molar-refractivity contribution in [3.63, 3.8) is 0 Å². The molecule has 0 saturated carbocycles. The van der Waals surface area contributed by atoms with E-state index in [0.29, 0.717) is 94.6 Å². The van der Waals surface area contributed by atoms with Crippen molar-refractivity contribution in [2.45, 2.75) is 65.4 Å². The summed E-state index contributed by atoms with van der Waals surface area (Å²) in [6.45, 7) is 11.2. The molecule has 2 aromatic carbocycles. The number of carbonyl (C=O) groups is 4. The highest BCUT2D eigenvalue weighted by Crippen LogP contribution is 2.20. The van der Waals surface area contributed by atoms with Crippen LogP contribution in [0.5, 0.6) is 0 Å². The molecule has 47 heavy (non-hydrogen) atoms. The molecule has 2 rings (SSSR count). The van der Waals surface area contributed by atoms with Gasteiger partial charge >= 0.3 is 6.09 Å². The van der Waals surface area contributed by atoms with E-state index in [4.69, 9.17) is 23.7 Å². The predicted octanol–water partition coefficient (Wildman–Crippen LogP) is 6.47. The third-order valence-electron chi connectivity index (χ3n) is 6.33. The maximum absolute atomic E-state index is 13.1. The van der Waals surface area contributed by atoms with Gasteiger partial charge in [-0.05, 0) is 105 Å². The van der Waals surface area contributed by atoms with Crippen LogP contribution in [0.4, 0.5) is 10.5 Å². The number of anilines is 1. The molecular formula is C35H49IN2O9. The van der Waals surface area contributed by atoms with E-state index in [1.54, 1.807) is 51.1 Å². The van der Waals surface area contributed by atoms with Crippen LogP contribution >= 0.6 is 22.6 Å². The molecule has 0 radical (unpaired) electrons. The first-order valence-electron chi connectivity index (χ1n) is 16.0. The Balaban J connectivity index is 1.85. The summed E-state index contributed by atoms with van der Waals surface area (Å²) in [5.41, 5.74) is 0.991. The second-order valence-corrected chi connectivity index (χ2v) is 12.9. The Labute approximate surface area is 291 Å². The molecule has 2 N–H and O–H groups in total. The fourth-order valence-corrected chi connectivity index (χ4v) is 4.47. The number of ether oxygens (including phenoxy) is 5. The molecule has 0 aliphatic carbocycles. The van der Waals surface area contributed by atoms with Crippen molar-refractivity contribution >= 4 is 51.8 Å². The number of Topliss-reactive ketones (excluding diaryl/α,β-unsaturated/α-hetero) is 2. The zero-order valence-electron chi connectivity index (χ0n) is 28.0. The average Bonchev–Trinajstić information content (AvgIpc) is 3.02. The highest BCUT2D eigenvalue weighted by Gasteiger charge is 2.16. The number of rotatable bonds is 23. The summed E-state index contributed by atoms with van der Waals surface area (Å²) in [4.78, 5) is 50.8. The second kappa shape index (κ2) is 22.6. The minimum absolute atomic E-state index is 0.139. The van der Waals surface area contributed by atoms with Gasteiger partial charge in [-0.1, -0.05) is 6.92 Å². The molecule has 2 aromatic rings. The van der Waals surface area contributed by atoms with Crippen molar-refractivity contribution in [1.82, 2.24) is 5.32 Å². The Morgan fingerprint density at radius 2 is 1.19 bits per heavy atom. The number of nitrogens with one attached hydrogen (secondary N) is 2. The molecule has 260 valence electrons. The number of amides is 2. The lowest BCUT2D eigenvalue weighted by molar-refractivity contribution is 0.0389. The van der Waals surface area contributed by atoms with Crippen molar-refractivity contribution in [2.24, 2.45) is 0 Å². The van der Waals surface area contributed by atoms with E-state index < -0.39 is 11.7 Å². The van der Waals surface area contributed by atoms with Gasteiger partial charge in [0.2, 0.25) is 0 Å². The van der Waals surface area contributed by atoms with Crippen LogP contribution in [0.3, 0.4) is 0 Å². The van der Waals surface area contributed by atoms with Gasteiger partial charge in [0, 0.05) is 65.2 Å². The summed E-state index contributed by atoms with van der Waals surface area (Å²) in [5, 5.41) is 5.45. The topological polar surface area (TPSA) is 138 Å². The molecule has 0 heterocycles. The van der Waals surface area contributed by atoms with Crippen molar-refractivity contribution in [2.75, 3.05) is 64.7 Å². The Morgan fingerprint density at radius 1 is 0.681 bits per heavy atom. The molecule has 0 aliphatic heterocycles. The van der Waals surface area contributed by atoms with Crippen molar-refractivity contribution < 1.29 is 42.9 Å². The maximum Gasteiger partial charge on any atom is 0.407 e. The van der Waals surface area contributed by atoms with Crippen LogP contribution in [0, 0.1) is 3.57 Å². The molecule has 0 aliphatic rings. The van der Waals surface area contributed by atoms with Gasteiger partial charge < -0.3 is 34.3 Å². The zero-order valence-corrected chi connectivity index (χ0v) is 30.2. The SMILES string of the molecule is CCCOCCOCCCC(=O)c1cc(NC(=O)c2ccc(I)cc2)cc(C(=O)CCCOCCOCCNC(=O)OC(C)(C)C)c1. The third kappa shape index (κ3) is 18.3. The van der Waals surface area contributed by atoms with Gasteiger partial charge in [0.05, 0.1) is 33.0 Å². The van der Waals surface area contributed by atoms with E-state index in [0.717, 1.165) is 9.99 Å². The van der Waals surface area contributed by atoms with Gasteiger partial charge in [0.1, 0.15) is 5.60 Å². The Bertz CT molecular complexity index is 1260. The van der Waals surface area contributed by atoms with Gasteiger partial charge in [-0.25, -0.2) is 4.79 Å². The van der Waals surface area contributed by atoms with Crippen LogP contribution in [-0.4, -0.2) is 88.6 Å². The standard InChI is InChI=1S/C35H49IN2O9/c1-5-15-43-19-20-44-16-6-8-31(39)27-23-28(25-30(24-27)38-33(41)26-10-12-29(36)13-11-26)32(40)9-7-17-45-21-22-46-18-14-37-34(42)47-35(2,3)4/h10-13,23-25H,5-9,14-22H2,1-4H3,(H,37,42)(H,38,41). The number of halogens is 1. The molecular weight excluding hydrogens is 719 g/mol. The Kier molecular flexibility index (Phi) is 19.4. The van der Waals surface area contributed by atoms with Crippen LogP contribution in [0.25, 0.3) is 0 Å². The number of hydrogen-bond acceptors (Lipinski definition) is 9. The average molecular weight is 769 g/mol. The van der Waals surface area contributed by atoms with Gasteiger partial charge in [-0.2, -0.15) is 0 Å². The summed E-state index contributed by atoms with van der Waals surface area (Å²) < 4.78 is 28.1. The lowest BCUT2D eigenvalue weighted by Gasteiger charge is -2.19. The van der Waals surface area contributed by atoms with E-state index >= 15 is 0 Å². The first-order valence-corrected chi connectivity index (χ1v) is 17.1. The van der Waals surface area contributed by atoms with E-state index in [9.17, 15) is 19.2 Å². The van der Waals surface area contributed by atoms with Gasteiger partial charge in [-0.3, -0.25) is 14.4 Å². The molecule has 0 spiro atoms. The predicted molar refractivity (Wildman–Crippen MR) is 188 cm³/mol. The van der Waals surface area contributed by atoms with Gasteiger partial charge in [-0.15, -0.1) is 0 Å². The highest BCUT2D eigenvalue weighted by atomic mass is 127. The largest absolute Gasteiger partial charge is 0.444 e. The number of hydrogen-bond donors (Lipinski definition) is 2. The van der Waals surface area contributed by atoms with Gasteiger partial charge in [0.15, 0.2) is 11.6 Å². The fraction of sp³-hybridized carbons (Fsp3) is 0.543. The monoisotopic (exact) mass is 768 g/mol. The first-order chi connectivity index (χ1) is 22.5. The van der Waals surface area contributed by atoms with Crippen LogP contribution < -0.4 is 10.6 Å². The molecule has 2 amide bonds. The van der Waals surface area contributed by atoms with Crippen LogP contribution in [0.1, 0.15) is 90.9 Å². The van der Waals surface area contributed by atoms with Crippen molar-refractivity contribution in [3.8, 4) is 0 Å². The summed E-state index contributed by atoms with van der Waals surface area (Å²) in [6, 6.07) is 11.9. The molecule has 0 unspecified atom stereocenters. The smallest absolute Gasteiger partial charge is 0.407 e. The summed E-state index contributed by atoms with van der Waals surface area (Å²) in [7, 11) is 0. The highest BCUT2D eigenvalue weighted by molar-refractivity contribution is 14.1. The Morgan fingerprint density at radius 3 is 1.70 bits per heavy atom. The van der Waals surface area contributed by atoms with Crippen LogP contribution in [0.2, 0.25) is 0 Å². The summed E-state index contributed by atoms with van der Waals surface area (Å²) in [6.07, 6.45) is 1.90. The van der Waals surface area contributed by atoms with Crippen molar-refractivity contribution in [1.29, 1.82) is 0 Å². The summed E-state index contributed by atoms with van der Waals surface area (Å²) >= 11 is 2.17. The lowest BCUT2D eigenvalue weighted by atomic mass is 9.99. The quantitative estimate of drug-likeness (QED) is 0.0741. The third-order valence-corrected chi connectivity index (χ3v) is 7.05. The fourth-order valence-electron chi connectivity index (χ4n) is 4.11. The second-order valence-electron chi connectivity index (χ2n) is 11.7. The number of alkyl carbamates (subject to hydrolysis) is 1. The molecule has 0 fully saturated rings. The molecule has 0 bridgehead atoms. The molecule has 0 saturated heterocycles. The molecule has 0 aromatic heterocycles. The van der Waals surface area contributed by atoms with E-state index in [2.05, 4.69) is 33.2 Å². The first kappa shape index (κ1) is 40.3. The number of ketones is 2.